The number of amides is 1. The number of carbonyl (C=O) groups excluding carboxylic acids is 1. The molecule has 0 fully saturated rings. The van der Waals surface area contributed by atoms with Crippen LogP contribution in [-0.4, -0.2) is 22.9 Å². The van der Waals surface area contributed by atoms with Crippen molar-refractivity contribution in [2.75, 3.05) is 11.9 Å². The van der Waals surface area contributed by atoms with E-state index in [9.17, 15) is 4.79 Å². The molecule has 1 N–H and O–H groups in total. The number of hydrogen-bond acceptors (Lipinski definition) is 3. The minimum Gasteiger partial charge on any atom is -0.476 e. The molecule has 1 rings (SSSR count). The van der Waals surface area contributed by atoms with Gasteiger partial charge in [0.25, 0.3) is 0 Å². The van der Waals surface area contributed by atoms with Crippen molar-refractivity contribution in [3.05, 3.63) is 18.3 Å². The monoisotopic (exact) mass is 228 g/mol. The van der Waals surface area contributed by atoms with Crippen molar-refractivity contribution < 1.29 is 9.53 Å². The maximum absolute atomic E-state index is 11.3. The first kappa shape index (κ1) is 11.8. The van der Waals surface area contributed by atoms with Crippen molar-refractivity contribution in [1.82, 2.24) is 4.98 Å². The molecule has 1 amide bonds. The fraction of sp³-hybridized carbons (Fsp3) is 0.400. The molecular formula is C10H13ClN2O2. The quantitative estimate of drug-likeness (QED) is 0.803. The normalized spacial score (nSPS) is 11.9. The number of hydrogen-bond donors (Lipinski definition) is 1. The molecule has 0 aromatic carbocycles. The molecule has 0 saturated carbocycles. The van der Waals surface area contributed by atoms with E-state index in [1.54, 1.807) is 25.3 Å². The van der Waals surface area contributed by atoms with Crippen LogP contribution in [0.1, 0.15) is 13.8 Å². The molecule has 0 saturated heterocycles. The number of pyridine rings is 1. The van der Waals surface area contributed by atoms with Crippen LogP contribution in [0.3, 0.4) is 0 Å². The Labute approximate surface area is 93.6 Å². The zero-order valence-electron chi connectivity index (χ0n) is 8.66. The van der Waals surface area contributed by atoms with Crippen molar-refractivity contribution >= 4 is 23.2 Å². The van der Waals surface area contributed by atoms with Crippen LogP contribution in [0.25, 0.3) is 0 Å². The van der Waals surface area contributed by atoms with Gasteiger partial charge in [-0.2, -0.15) is 0 Å². The average molecular weight is 229 g/mol. The number of rotatable bonds is 4. The number of carbonyl (C=O) groups is 1. The molecule has 0 aliphatic heterocycles. The topological polar surface area (TPSA) is 51.2 Å². The molecule has 4 nitrogen and oxygen atoms in total. The highest BCUT2D eigenvalue weighted by molar-refractivity contribution is 6.32. The Kier molecular flexibility index (Phi) is 4.37. The first-order chi connectivity index (χ1) is 7.15. The van der Waals surface area contributed by atoms with E-state index in [1.807, 2.05) is 6.92 Å². The largest absolute Gasteiger partial charge is 0.476 e. The van der Waals surface area contributed by atoms with Crippen molar-refractivity contribution in [3.8, 4) is 5.88 Å². The lowest BCUT2D eigenvalue weighted by Gasteiger charge is -2.10. The summed E-state index contributed by atoms with van der Waals surface area (Å²) in [5, 5.41) is 2.05. The lowest BCUT2D eigenvalue weighted by molar-refractivity contribution is -0.115. The Morgan fingerprint density at radius 2 is 2.47 bits per heavy atom. The van der Waals surface area contributed by atoms with Gasteiger partial charge in [-0.15, -0.1) is 11.6 Å². The summed E-state index contributed by atoms with van der Waals surface area (Å²) in [6.07, 6.45) is 1.60. The lowest BCUT2D eigenvalue weighted by atomic mass is 10.3. The summed E-state index contributed by atoms with van der Waals surface area (Å²) in [4.78, 5) is 15.3. The number of nitrogens with one attached hydrogen (secondary N) is 1. The number of anilines is 1. The molecule has 5 heteroatoms. The zero-order chi connectivity index (χ0) is 11.3. The van der Waals surface area contributed by atoms with Crippen LogP contribution < -0.4 is 10.1 Å². The third kappa shape index (κ3) is 3.40. The molecule has 0 radical (unpaired) electrons. The molecule has 1 aromatic heterocycles. The Balaban J connectivity index is 2.79. The molecule has 15 heavy (non-hydrogen) atoms. The van der Waals surface area contributed by atoms with Crippen LogP contribution in [-0.2, 0) is 4.79 Å². The van der Waals surface area contributed by atoms with Crippen molar-refractivity contribution in [1.29, 1.82) is 0 Å². The summed E-state index contributed by atoms with van der Waals surface area (Å²) in [5.74, 6) is 0.135. The highest BCUT2D eigenvalue weighted by Crippen LogP contribution is 2.20. The second-order valence-corrected chi connectivity index (χ2v) is 3.55. The van der Waals surface area contributed by atoms with Gasteiger partial charge in [-0.1, -0.05) is 0 Å². The first-order valence-electron chi connectivity index (χ1n) is 4.68. The molecular weight excluding hydrogens is 216 g/mol. The predicted octanol–water partition coefficient (Wildman–Crippen LogP) is 2.05. The van der Waals surface area contributed by atoms with Crippen molar-refractivity contribution in [2.45, 2.75) is 19.2 Å². The minimum atomic E-state index is -0.584. The van der Waals surface area contributed by atoms with Crippen LogP contribution >= 0.6 is 11.6 Å². The molecule has 1 aromatic rings. The summed E-state index contributed by atoms with van der Waals surface area (Å²) >= 11 is 5.63. The van der Waals surface area contributed by atoms with E-state index in [-0.39, 0.29) is 5.91 Å². The van der Waals surface area contributed by atoms with Crippen LogP contribution in [0, 0.1) is 0 Å². The first-order valence-corrected chi connectivity index (χ1v) is 5.11. The molecule has 1 atom stereocenters. The van der Waals surface area contributed by atoms with E-state index in [2.05, 4.69) is 10.3 Å². The van der Waals surface area contributed by atoms with E-state index in [0.29, 0.717) is 18.2 Å². The van der Waals surface area contributed by atoms with Gasteiger partial charge in [0.2, 0.25) is 11.8 Å². The molecule has 1 heterocycles. The summed E-state index contributed by atoms with van der Waals surface area (Å²) < 4.78 is 5.25. The van der Waals surface area contributed by atoms with Gasteiger partial charge >= 0.3 is 0 Å². The van der Waals surface area contributed by atoms with E-state index in [1.165, 1.54) is 0 Å². The molecule has 0 spiro atoms. The summed E-state index contributed by atoms with van der Waals surface area (Å²) in [5.41, 5.74) is 0.539. The third-order valence-electron chi connectivity index (χ3n) is 1.67. The SMILES string of the molecule is CCOc1ncccc1NC(=O)C(C)Cl. The molecule has 0 aliphatic rings. The summed E-state index contributed by atoms with van der Waals surface area (Å²) in [6, 6.07) is 3.44. The Morgan fingerprint density at radius 1 is 1.73 bits per heavy atom. The predicted molar refractivity (Wildman–Crippen MR) is 59.4 cm³/mol. The Bertz CT molecular complexity index is 342. The van der Waals surface area contributed by atoms with Gasteiger partial charge in [-0.05, 0) is 26.0 Å². The minimum absolute atomic E-state index is 0.273. The fourth-order valence-electron chi connectivity index (χ4n) is 0.970. The van der Waals surface area contributed by atoms with Gasteiger partial charge in [0.05, 0.1) is 6.61 Å². The van der Waals surface area contributed by atoms with Crippen LogP contribution in [0.15, 0.2) is 18.3 Å². The van der Waals surface area contributed by atoms with E-state index in [0.717, 1.165) is 0 Å². The molecule has 1 unspecified atom stereocenters. The second-order valence-electron chi connectivity index (χ2n) is 2.89. The number of nitrogens with zero attached hydrogens (tertiary/aromatic N) is 1. The van der Waals surface area contributed by atoms with Gasteiger partial charge < -0.3 is 10.1 Å². The van der Waals surface area contributed by atoms with Gasteiger partial charge in [-0.25, -0.2) is 4.98 Å². The van der Waals surface area contributed by atoms with Gasteiger partial charge in [0.15, 0.2) is 0 Å². The lowest BCUT2D eigenvalue weighted by Crippen LogP contribution is -2.20. The Hall–Kier alpha value is -1.29. The van der Waals surface area contributed by atoms with Crippen LogP contribution in [0.4, 0.5) is 5.69 Å². The van der Waals surface area contributed by atoms with Crippen LogP contribution in [0.2, 0.25) is 0 Å². The van der Waals surface area contributed by atoms with Gasteiger partial charge in [0.1, 0.15) is 11.1 Å². The average Bonchev–Trinajstić information content (AvgIpc) is 2.21. The number of halogens is 1. The zero-order valence-corrected chi connectivity index (χ0v) is 9.41. The van der Waals surface area contributed by atoms with Crippen LogP contribution in [0.5, 0.6) is 5.88 Å². The van der Waals surface area contributed by atoms with E-state index in [4.69, 9.17) is 16.3 Å². The van der Waals surface area contributed by atoms with E-state index < -0.39 is 5.38 Å². The highest BCUT2D eigenvalue weighted by Gasteiger charge is 2.12. The molecule has 82 valence electrons. The van der Waals surface area contributed by atoms with Gasteiger partial charge in [-0.3, -0.25) is 4.79 Å². The number of alkyl halides is 1. The number of ether oxygens (including phenoxy) is 1. The molecule has 0 bridgehead atoms. The smallest absolute Gasteiger partial charge is 0.242 e. The summed E-state index contributed by atoms with van der Waals surface area (Å²) in [6.45, 7) is 3.95. The highest BCUT2D eigenvalue weighted by atomic mass is 35.5. The Morgan fingerprint density at radius 3 is 3.07 bits per heavy atom. The fourth-order valence-corrected chi connectivity index (χ4v) is 1.02. The standard InChI is InChI=1S/C10H13ClN2O2/c1-3-15-10-8(5-4-6-12-10)13-9(14)7(2)11/h4-7H,3H2,1-2H3,(H,13,14). The summed E-state index contributed by atoms with van der Waals surface area (Å²) in [7, 11) is 0. The maximum atomic E-state index is 11.3. The van der Waals surface area contributed by atoms with E-state index >= 15 is 0 Å². The maximum Gasteiger partial charge on any atom is 0.242 e. The van der Waals surface area contributed by atoms with Gasteiger partial charge in [0, 0.05) is 6.20 Å². The van der Waals surface area contributed by atoms with Crippen molar-refractivity contribution in [2.24, 2.45) is 0 Å². The number of aromatic nitrogens is 1. The second kappa shape index (κ2) is 5.56. The third-order valence-corrected chi connectivity index (χ3v) is 1.87. The van der Waals surface area contributed by atoms with Crippen molar-refractivity contribution in [3.63, 3.8) is 0 Å². The molecule has 0 aliphatic carbocycles.